The summed E-state index contributed by atoms with van der Waals surface area (Å²) in [5, 5.41) is 10.6. The van der Waals surface area contributed by atoms with Crippen LogP contribution in [-0.2, 0) is 65.4 Å². The highest BCUT2D eigenvalue weighted by Gasteiger charge is 2.30. The number of unbranched alkanes of at least 4 members (excludes halogenated alkanes) is 15. The summed E-state index contributed by atoms with van der Waals surface area (Å²) in [7, 11) is -10.0. The smallest absolute Gasteiger partial charge is 0.462 e. The van der Waals surface area contributed by atoms with Crippen molar-refractivity contribution < 1.29 is 80.2 Å². The van der Waals surface area contributed by atoms with Gasteiger partial charge < -0.3 is 33.8 Å². The lowest BCUT2D eigenvalue weighted by atomic mass is 10.1. The lowest BCUT2D eigenvalue weighted by Crippen LogP contribution is -2.30. The van der Waals surface area contributed by atoms with E-state index < -0.39 is 97.5 Å². The maximum absolute atomic E-state index is 13.1. The Morgan fingerprint density at radius 1 is 0.300 bits per heavy atom. The van der Waals surface area contributed by atoms with Crippen LogP contribution >= 0.6 is 15.6 Å². The maximum Gasteiger partial charge on any atom is 0.472 e. The molecule has 0 heterocycles. The number of hydrogen-bond acceptors (Lipinski definition) is 15. The zero-order chi connectivity index (χ0) is 73.2. The van der Waals surface area contributed by atoms with Gasteiger partial charge in [0.15, 0.2) is 12.2 Å². The first-order chi connectivity index (χ1) is 48.7. The molecule has 0 aromatic heterocycles. The van der Waals surface area contributed by atoms with Crippen molar-refractivity contribution in [2.45, 2.75) is 277 Å². The van der Waals surface area contributed by atoms with Crippen molar-refractivity contribution in [2.24, 2.45) is 0 Å². The molecule has 0 rings (SSSR count). The molecule has 0 aliphatic rings. The van der Waals surface area contributed by atoms with E-state index in [2.05, 4.69) is 161 Å². The van der Waals surface area contributed by atoms with Crippen molar-refractivity contribution >= 4 is 39.5 Å². The monoisotopic (exact) mass is 1440 g/mol. The number of phosphoric acid groups is 2. The van der Waals surface area contributed by atoms with Crippen LogP contribution in [0.1, 0.15) is 259 Å². The highest BCUT2D eigenvalue weighted by molar-refractivity contribution is 7.47. The molecule has 0 bridgehead atoms. The number of esters is 4. The molecule has 0 aliphatic heterocycles. The molecule has 0 spiro atoms. The number of aliphatic hydroxyl groups is 1. The quantitative estimate of drug-likeness (QED) is 0.0169. The first kappa shape index (κ1) is 94.4. The van der Waals surface area contributed by atoms with E-state index in [-0.39, 0.29) is 25.7 Å². The van der Waals surface area contributed by atoms with Crippen LogP contribution in [-0.4, -0.2) is 96.7 Å². The summed E-state index contributed by atoms with van der Waals surface area (Å²) in [5.74, 6) is -2.43. The zero-order valence-corrected chi connectivity index (χ0v) is 63.3. The normalized spacial score (nSPS) is 14.9. The van der Waals surface area contributed by atoms with Crippen molar-refractivity contribution in [2.75, 3.05) is 39.6 Å². The third-order valence-corrected chi connectivity index (χ3v) is 16.6. The van der Waals surface area contributed by atoms with Crippen LogP contribution in [0.25, 0.3) is 0 Å². The Kier molecular flexibility index (Phi) is 67.8. The largest absolute Gasteiger partial charge is 0.472 e. The second-order valence-corrected chi connectivity index (χ2v) is 27.0. The van der Waals surface area contributed by atoms with Gasteiger partial charge in [-0.2, -0.15) is 0 Å². The molecular formula is C81H130O17P2. The van der Waals surface area contributed by atoms with E-state index in [4.69, 9.17) is 37.0 Å². The minimum Gasteiger partial charge on any atom is -0.462 e. The number of rotatable bonds is 68. The van der Waals surface area contributed by atoms with Crippen LogP contribution in [0.3, 0.4) is 0 Å². The SMILES string of the molecule is CC/C=C\C/C=C\C/C=C\C/C=C\C/C=C\CCCC(=O)OCC(COP(=O)(O)OCC(O)COP(=O)(O)OCC(COC(=O)CCCCCC/C=C\C/C=C\C/C=C\C/C=C\CC)OC(=O)C/C=C\C/C=C\C/C=C\C/C=C\C/C=C\CC)OC(=O)CCCCCCCCCCCCC. The Labute approximate surface area is 603 Å². The molecule has 19 heteroatoms. The van der Waals surface area contributed by atoms with Crippen LogP contribution in [0.15, 0.2) is 170 Å². The Hall–Kier alpha value is -5.58. The average molecular weight is 1440 g/mol. The molecule has 0 fully saturated rings. The number of allylic oxidation sites excluding steroid dienone is 27. The number of aliphatic hydroxyl groups excluding tert-OH is 1. The van der Waals surface area contributed by atoms with Gasteiger partial charge in [0.25, 0.3) is 0 Å². The fraction of sp³-hybridized carbons (Fsp3) is 0.605. The highest BCUT2D eigenvalue weighted by atomic mass is 31.2. The van der Waals surface area contributed by atoms with E-state index in [1.807, 2.05) is 24.3 Å². The van der Waals surface area contributed by atoms with Crippen molar-refractivity contribution in [3.63, 3.8) is 0 Å². The minimum atomic E-state index is -5.01. The Balaban J connectivity index is 5.48. The van der Waals surface area contributed by atoms with Gasteiger partial charge in [0, 0.05) is 19.3 Å². The molecule has 100 heavy (non-hydrogen) atoms. The summed E-state index contributed by atoms with van der Waals surface area (Å²) in [6, 6.07) is 0. The number of hydrogen-bond donors (Lipinski definition) is 3. The van der Waals surface area contributed by atoms with Gasteiger partial charge in [0.1, 0.15) is 19.3 Å². The number of phosphoric ester groups is 2. The predicted molar refractivity (Wildman–Crippen MR) is 408 cm³/mol. The molecule has 0 aromatic rings. The molecule has 0 aliphatic carbocycles. The van der Waals surface area contributed by atoms with Gasteiger partial charge in [-0.25, -0.2) is 9.13 Å². The number of carbonyl (C=O) groups excluding carboxylic acids is 4. The van der Waals surface area contributed by atoms with E-state index in [0.29, 0.717) is 32.1 Å². The fourth-order valence-corrected chi connectivity index (χ4v) is 10.7. The average Bonchev–Trinajstić information content (AvgIpc) is 0.989. The van der Waals surface area contributed by atoms with E-state index >= 15 is 0 Å². The summed E-state index contributed by atoms with van der Waals surface area (Å²) in [5.41, 5.74) is 0. The molecule has 5 unspecified atom stereocenters. The summed E-state index contributed by atoms with van der Waals surface area (Å²) in [6.45, 7) is 4.28. The summed E-state index contributed by atoms with van der Waals surface area (Å²) >= 11 is 0. The molecule has 5 atom stereocenters. The molecule has 0 aromatic carbocycles. The van der Waals surface area contributed by atoms with E-state index in [1.54, 1.807) is 12.2 Å². The highest BCUT2D eigenvalue weighted by Crippen LogP contribution is 2.45. The molecular weight excluding hydrogens is 1310 g/mol. The van der Waals surface area contributed by atoms with E-state index in [9.17, 15) is 43.2 Å². The van der Waals surface area contributed by atoms with Crippen molar-refractivity contribution in [1.82, 2.24) is 0 Å². The van der Waals surface area contributed by atoms with Gasteiger partial charge in [-0.3, -0.25) is 37.3 Å². The second kappa shape index (κ2) is 71.8. The molecule has 0 saturated heterocycles. The molecule has 566 valence electrons. The number of ether oxygens (including phenoxy) is 4. The van der Waals surface area contributed by atoms with Crippen molar-refractivity contribution in [3.05, 3.63) is 170 Å². The molecule has 0 saturated carbocycles. The number of carbonyl (C=O) groups is 4. The third kappa shape index (κ3) is 70.8. The topological polar surface area (TPSA) is 237 Å². The van der Waals surface area contributed by atoms with Gasteiger partial charge in [0.2, 0.25) is 0 Å². The molecule has 0 radical (unpaired) electrons. The fourth-order valence-electron chi connectivity index (χ4n) is 9.14. The zero-order valence-electron chi connectivity index (χ0n) is 61.5. The van der Waals surface area contributed by atoms with E-state index in [1.165, 1.54) is 38.5 Å². The van der Waals surface area contributed by atoms with E-state index in [0.717, 1.165) is 135 Å². The van der Waals surface area contributed by atoms with Crippen molar-refractivity contribution in [1.29, 1.82) is 0 Å². The summed E-state index contributed by atoms with van der Waals surface area (Å²) < 4.78 is 68.2. The van der Waals surface area contributed by atoms with Crippen LogP contribution in [0, 0.1) is 0 Å². The first-order valence-electron chi connectivity index (χ1n) is 37.4. The Morgan fingerprint density at radius 2 is 0.570 bits per heavy atom. The predicted octanol–water partition coefficient (Wildman–Crippen LogP) is 21.4. The molecule has 3 N–H and O–H groups in total. The molecule has 0 amide bonds. The Bertz CT molecular complexity index is 2570. The van der Waals surface area contributed by atoms with Gasteiger partial charge in [-0.1, -0.05) is 275 Å². The van der Waals surface area contributed by atoms with Gasteiger partial charge in [-0.15, -0.1) is 0 Å². The summed E-state index contributed by atoms with van der Waals surface area (Å²) in [6.07, 6.45) is 84.0. The van der Waals surface area contributed by atoms with Gasteiger partial charge in [-0.05, 0) is 128 Å². The Morgan fingerprint density at radius 3 is 0.930 bits per heavy atom. The second-order valence-electron chi connectivity index (χ2n) is 24.1. The lowest BCUT2D eigenvalue weighted by molar-refractivity contribution is -0.161. The van der Waals surface area contributed by atoms with Crippen LogP contribution in [0.4, 0.5) is 0 Å². The molecule has 17 nitrogen and oxygen atoms in total. The lowest BCUT2D eigenvalue weighted by Gasteiger charge is -2.21. The van der Waals surface area contributed by atoms with Crippen LogP contribution < -0.4 is 0 Å². The van der Waals surface area contributed by atoms with Crippen molar-refractivity contribution in [3.8, 4) is 0 Å². The first-order valence-corrected chi connectivity index (χ1v) is 40.4. The minimum absolute atomic E-state index is 0.0764. The van der Waals surface area contributed by atoms with Crippen LogP contribution in [0.5, 0.6) is 0 Å². The maximum atomic E-state index is 13.1. The summed E-state index contributed by atoms with van der Waals surface area (Å²) in [4.78, 5) is 72.7. The third-order valence-electron chi connectivity index (χ3n) is 14.7. The van der Waals surface area contributed by atoms with Gasteiger partial charge in [0.05, 0.1) is 32.8 Å². The van der Waals surface area contributed by atoms with Gasteiger partial charge >= 0.3 is 39.5 Å². The van der Waals surface area contributed by atoms with Crippen LogP contribution in [0.2, 0.25) is 0 Å². The standard InChI is InChI=1S/C81H130O17P2/c1-5-9-13-17-21-25-29-32-35-37-40-42-46-49-53-57-61-65-78(83)91-71-76(97-80(85)67-63-59-55-51-45-28-24-20-16-12-8-4)73-95-99(87,88)93-69-75(82)70-94-100(89,90)96-74-77(98-81(86)68-64-60-56-52-48-44-39-34-31-27-23-19-15-11-7-3)72-92-79(84)66-62-58-54-50-47-43-41-38-36-33-30-26-22-18-14-10-6-2/h9-11,13-15,21-23,25-27,32-36,39-43,48-49,52-53,60,64,75-77,82H,5-8,12,16-20,24,28-31,37-38,44-47,50-51,54-59,61-63,65-74H2,1-4H3,(H,87,88)(H,89,90)/b13-9-,14-10-,15-11-,25-21-,26-22-,27-23-,35-32-,36-33-,39-34-,42-40-,43-41-,52-48-,53-49-,64-60-.